The monoisotopic (exact) mass is 239 g/mol. The summed E-state index contributed by atoms with van der Waals surface area (Å²) in [6.07, 6.45) is 3.46. The summed E-state index contributed by atoms with van der Waals surface area (Å²) in [5.41, 5.74) is 1.18. The van der Waals surface area contributed by atoms with Gasteiger partial charge in [-0.05, 0) is 36.4 Å². The number of aromatic carboxylic acids is 1. The van der Waals surface area contributed by atoms with Gasteiger partial charge in [0.2, 0.25) is 0 Å². The minimum absolute atomic E-state index is 0.277. The Morgan fingerprint density at radius 2 is 2.11 bits per heavy atom. The van der Waals surface area contributed by atoms with Crippen molar-refractivity contribution >= 4 is 16.9 Å². The number of benzene rings is 1. The molecule has 5 heteroatoms. The van der Waals surface area contributed by atoms with Gasteiger partial charge in [0.05, 0.1) is 11.1 Å². The zero-order chi connectivity index (χ0) is 12.5. The van der Waals surface area contributed by atoms with Crippen LogP contribution in [0.25, 0.3) is 16.7 Å². The van der Waals surface area contributed by atoms with Crippen molar-refractivity contribution in [1.82, 2.24) is 14.8 Å². The summed E-state index contributed by atoms with van der Waals surface area (Å²) in [6, 6.07) is 10.5. The third kappa shape index (κ3) is 1.62. The third-order valence-corrected chi connectivity index (χ3v) is 2.74. The van der Waals surface area contributed by atoms with Crippen LogP contribution < -0.4 is 0 Å². The van der Waals surface area contributed by atoms with E-state index in [0.29, 0.717) is 5.82 Å². The maximum atomic E-state index is 10.9. The van der Waals surface area contributed by atoms with E-state index in [4.69, 9.17) is 5.11 Å². The Kier molecular flexibility index (Phi) is 2.30. The summed E-state index contributed by atoms with van der Waals surface area (Å²) in [5, 5.41) is 17.7. The van der Waals surface area contributed by atoms with Gasteiger partial charge in [-0.1, -0.05) is 0 Å². The highest BCUT2D eigenvalue weighted by molar-refractivity contribution is 5.94. The number of aromatic nitrogens is 3. The van der Waals surface area contributed by atoms with Crippen molar-refractivity contribution in [3.63, 3.8) is 0 Å². The minimum atomic E-state index is -0.927. The minimum Gasteiger partial charge on any atom is -0.478 e. The van der Waals surface area contributed by atoms with Gasteiger partial charge in [0.1, 0.15) is 0 Å². The van der Waals surface area contributed by atoms with Crippen LogP contribution in [0.15, 0.2) is 48.8 Å². The highest BCUT2D eigenvalue weighted by Gasteiger charge is 2.08. The quantitative estimate of drug-likeness (QED) is 0.743. The van der Waals surface area contributed by atoms with E-state index in [-0.39, 0.29) is 5.56 Å². The normalized spacial score (nSPS) is 10.7. The molecule has 1 N–H and O–H groups in total. The van der Waals surface area contributed by atoms with Crippen LogP contribution in [0, 0.1) is 0 Å². The van der Waals surface area contributed by atoms with Crippen LogP contribution in [0.4, 0.5) is 0 Å². The molecule has 1 aromatic carbocycles. The average Bonchev–Trinajstić information content (AvgIpc) is 2.82. The van der Waals surface area contributed by atoms with Gasteiger partial charge < -0.3 is 5.11 Å². The maximum Gasteiger partial charge on any atom is 0.335 e. The molecule has 0 fully saturated rings. The maximum absolute atomic E-state index is 10.9. The van der Waals surface area contributed by atoms with Crippen molar-refractivity contribution in [2.75, 3.05) is 0 Å². The Hall–Kier alpha value is -2.69. The van der Waals surface area contributed by atoms with Crippen LogP contribution in [-0.2, 0) is 0 Å². The second-order valence-electron chi connectivity index (χ2n) is 3.85. The third-order valence-electron chi connectivity index (χ3n) is 2.74. The predicted molar refractivity (Wildman–Crippen MR) is 65.8 cm³/mol. The molecule has 5 nitrogen and oxygen atoms in total. The van der Waals surface area contributed by atoms with Crippen molar-refractivity contribution in [2.24, 2.45) is 0 Å². The Balaban J connectivity index is 2.19. The second-order valence-corrected chi connectivity index (χ2v) is 3.85. The lowest BCUT2D eigenvalue weighted by atomic mass is 10.1. The van der Waals surface area contributed by atoms with Gasteiger partial charge in [-0.3, -0.25) is 4.57 Å². The first-order chi connectivity index (χ1) is 8.75. The molecular formula is C13H9N3O2. The van der Waals surface area contributed by atoms with Crippen molar-refractivity contribution in [1.29, 1.82) is 0 Å². The van der Waals surface area contributed by atoms with Gasteiger partial charge >= 0.3 is 5.97 Å². The van der Waals surface area contributed by atoms with Crippen LogP contribution in [0.2, 0.25) is 0 Å². The van der Waals surface area contributed by atoms with Gasteiger partial charge in [0.25, 0.3) is 0 Å². The molecule has 18 heavy (non-hydrogen) atoms. The molecule has 0 aliphatic rings. The highest BCUT2D eigenvalue weighted by Crippen LogP contribution is 2.20. The lowest BCUT2D eigenvalue weighted by Gasteiger charge is -2.03. The molecule has 0 unspecified atom stereocenters. The Labute approximate surface area is 102 Å². The average molecular weight is 239 g/mol. The van der Waals surface area contributed by atoms with Crippen LogP contribution in [0.1, 0.15) is 10.4 Å². The second kappa shape index (κ2) is 3.96. The lowest BCUT2D eigenvalue weighted by molar-refractivity contribution is 0.0697. The fourth-order valence-electron chi connectivity index (χ4n) is 1.90. The molecule has 2 aromatic heterocycles. The van der Waals surface area contributed by atoms with Crippen LogP contribution >= 0.6 is 0 Å². The molecule has 0 saturated heterocycles. The Morgan fingerprint density at radius 3 is 2.83 bits per heavy atom. The first-order valence-corrected chi connectivity index (χ1v) is 5.38. The predicted octanol–water partition coefficient (Wildman–Crippen LogP) is 2.12. The topological polar surface area (TPSA) is 68.0 Å². The van der Waals surface area contributed by atoms with Crippen molar-refractivity contribution in [3.05, 3.63) is 54.4 Å². The number of fused-ring (bicyclic) bond motifs is 1. The number of rotatable bonds is 2. The van der Waals surface area contributed by atoms with E-state index in [9.17, 15) is 4.79 Å². The summed E-state index contributed by atoms with van der Waals surface area (Å²) < 4.78 is 1.87. The number of carboxylic acid groups (broad SMARTS) is 1. The van der Waals surface area contributed by atoms with E-state index in [1.807, 2.05) is 22.9 Å². The van der Waals surface area contributed by atoms with Gasteiger partial charge in [-0.2, -0.15) is 5.10 Å². The molecule has 0 aliphatic heterocycles. The Bertz CT molecular complexity index is 719. The first-order valence-electron chi connectivity index (χ1n) is 5.38. The molecule has 3 aromatic rings. The van der Waals surface area contributed by atoms with Crippen LogP contribution in [0.5, 0.6) is 0 Å². The van der Waals surface area contributed by atoms with Gasteiger partial charge in [-0.25, -0.2) is 4.79 Å². The molecule has 0 spiro atoms. The summed E-state index contributed by atoms with van der Waals surface area (Å²) in [7, 11) is 0. The SMILES string of the molecule is O=C(O)c1ccc2c(ccn2-c2cccnn2)c1. The number of hydrogen-bond donors (Lipinski definition) is 1. The molecule has 0 bridgehead atoms. The molecular weight excluding hydrogens is 230 g/mol. The van der Waals surface area contributed by atoms with Crippen molar-refractivity contribution in [2.45, 2.75) is 0 Å². The van der Waals surface area contributed by atoms with Crippen molar-refractivity contribution in [3.8, 4) is 5.82 Å². The summed E-state index contributed by atoms with van der Waals surface area (Å²) >= 11 is 0. The molecule has 0 saturated carbocycles. The van der Waals surface area contributed by atoms with Gasteiger partial charge in [-0.15, -0.1) is 5.10 Å². The summed E-state index contributed by atoms with van der Waals surface area (Å²) in [4.78, 5) is 10.9. The van der Waals surface area contributed by atoms with Crippen LogP contribution in [0.3, 0.4) is 0 Å². The smallest absolute Gasteiger partial charge is 0.335 e. The Morgan fingerprint density at radius 1 is 1.22 bits per heavy atom. The molecule has 0 radical (unpaired) electrons. The number of nitrogens with zero attached hydrogens (tertiary/aromatic N) is 3. The van der Waals surface area contributed by atoms with Gasteiger partial charge in [0, 0.05) is 17.8 Å². The van der Waals surface area contributed by atoms with Crippen molar-refractivity contribution < 1.29 is 9.90 Å². The fraction of sp³-hybridized carbons (Fsp3) is 0. The lowest BCUT2D eigenvalue weighted by Crippen LogP contribution is -1.98. The van der Waals surface area contributed by atoms with E-state index in [2.05, 4.69) is 10.2 Å². The molecule has 2 heterocycles. The zero-order valence-electron chi connectivity index (χ0n) is 9.32. The number of carboxylic acids is 1. The van der Waals surface area contributed by atoms with E-state index >= 15 is 0 Å². The van der Waals surface area contributed by atoms with E-state index in [1.165, 1.54) is 0 Å². The largest absolute Gasteiger partial charge is 0.478 e. The van der Waals surface area contributed by atoms with E-state index < -0.39 is 5.97 Å². The highest BCUT2D eigenvalue weighted by atomic mass is 16.4. The fourth-order valence-corrected chi connectivity index (χ4v) is 1.90. The molecule has 3 rings (SSSR count). The number of hydrogen-bond acceptors (Lipinski definition) is 3. The zero-order valence-corrected chi connectivity index (χ0v) is 9.32. The first kappa shape index (κ1) is 10.5. The standard InChI is InChI=1S/C13H9N3O2/c17-13(18)10-3-4-11-9(8-10)5-7-16(11)12-2-1-6-14-15-12/h1-8H,(H,17,18). The van der Waals surface area contributed by atoms with E-state index in [0.717, 1.165) is 10.9 Å². The number of carbonyl (C=O) groups is 1. The molecule has 0 amide bonds. The molecule has 88 valence electrons. The van der Waals surface area contributed by atoms with Crippen LogP contribution in [-0.4, -0.2) is 25.8 Å². The molecule has 0 aliphatic carbocycles. The molecule has 0 atom stereocenters. The summed E-state index contributed by atoms with van der Waals surface area (Å²) in [6.45, 7) is 0. The van der Waals surface area contributed by atoms with Gasteiger partial charge in [0.15, 0.2) is 5.82 Å². The van der Waals surface area contributed by atoms with E-state index in [1.54, 1.807) is 30.5 Å². The summed E-state index contributed by atoms with van der Waals surface area (Å²) in [5.74, 6) is -0.222.